The van der Waals surface area contributed by atoms with Gasteiger partial charge in [-0.05, 0) is 12.8 Å². The van der Waals surface area contributed by atoms with Gasteiger partial charge in [0, 0.05) is 0 Å². The Morgan fingerprint density at radius 1 is 0.900 bits per heavy atom. The topological polar surface area (TPSA) is 101 Å². The maximum atomic E-state index is 11.0. The molecule has 2 atom stereocenters. The highest BCUT2D eigenvalue weighted by atomic mass is 16.4. The fraction of sp³-hybridized carbons (Fsp3) is 0.867. The third-order valence-electron chi connectivity index (χ3n) is 3.61. The first kappa shape index (κ1) is 18.9. The molecule has 0 bridgehead atoms. The van der Waals surface area contributed by atoms with Crippen LogP contribution in [-0.4, -0.2) is 28.2 Å². The Kier molecular flexibility index (Phi) is 11.1. The molecule has 0 amide bonds. The van der Waals surface area contributed by atoms with E-state index in [2.05, 4.69) is 6.92 Å². The average Bonchev–Trinajstić information content (AvgIpc) is 2.39. The minimum atomic E-state index is -1.13. The van der Waals surface area contributed by atoms with Crippen LogP contribution in [0, 0.1) is 5.92 Å². The van der Waals surface area contributed by atoms with Crippen molar-refractivity contribution in [2.75, 3.05) is 0 Å². The number of carboxylic acid groups (broad SMARTS) is 2. The van der Waals surface area contributed by atoms with Crippen molar-refractivity contribution in [1.29, 1.82) is 0 Å². The summed E-state index contributed by atoms with van der Waals surface area (Å²) in [5.41, 5.74) is 5.39. The van der Waals surface area contributed by atoms with Crippen molar-refractivity contribution in [1.82, 2.24) is 0 Å². The van der Waals surface area contributed by atoms with E-state index >= 15 is 0 Å². The van der Waals surface area contributed by atoms with Gasteiger partial charge in [0.2, 0.25) is 0 Å². The zero-order valence-electron chi connectivity index (χ0n) is 12.5. The van der Waals surface area contributed by atoms with E-state index in [9.17, 15) is 9.59 Å². The number of rotatable bonds is 13. The smallest absolute Gasteiger partial charge is 0.320 e. The molecule has 0 saturated carbocycles. The average molecular weight is 287 g/mol. The van der Waals surface area contributed by atoms with Gasteiger partial charge in [-0.1, -0.05) is 58.3 Å². The SMILES string of the molecule is CCCCCCCCCCC(CC(N)C(=O)O)C(=O)O. The number of aliphatic carboxylic acids is 2. The zero-order valence-corrected chi connectivity index (χ0v) is 12.5. The van der Waals surface area contributed by atoms with E-state index < -0.39 is 23.9 Å². The number of unbranched alkanes of at least 4 members (excludes halogenated alkanes) is 7. The van der Waals surface area contributed by atoms with E-state index in [4.69, 9.17) is 15.9 Å². The van der Waals surface area contributed by atoms with Gasteiger partial charge in [0.05, 0.1) is 5.92 Å². The molecule has 118 valence electrons. The molecule has 0 radical (unpaired) electrons. The quantitative estimate of drug-likeness (QED) is 0.452. The van der Waals surface area contributed by atoms with E-state index in [1.807, 2.05) is 0 Å². The summed E-state index contributed by atoms with van der Waals surface area (Å²) in [4.78, 5) is 21.7. The van der Waals surface area contributed by atoms with Crippen LogP contribution in [0.5, 0.6) is 0 Å². The molecule has 0 saturated heterocycles. The number of carbonyl (C=O) groups is 2. The highest BCUT2D eigenvalue weighted by Gasteiger charge is 2.23. The Balaban J connectivity index is 3.71. The maximum Gasteiger partial charge on any atom is 0.320 e. The fourth-order valence-electron chi connectivity index (χ4n) is 2.27. The molecule has 0 aliphatic heterocycles. The van der Waals surface area contributed by atoms with Gasteiger partial charge in [-0.15, -0.1) is 0 Å². The standard InChI is InChI=1S/C15H29NO4/c1-2-3-4-5-6-7-8-9-10-12(14(17)18)11-13(16)15(19)20/h12-13H,2-11,16H2,1H3,(H,17,18)(H,19,20). The highest BCUT2D eigenvalue weighted by molar-refractivity contribution is 5.75. The zero-order chi connectivity index (χ0) is 15.4. The van der Waals surface area contributed by atoms with Crippen molar-refractivity contribution in [3.05, 3.63) is 0 Å². The summed E-state index contributed by atoms with van der Waals surface area (Å²) in [7, 11) is 0. The van der Waals surface area contributed by atoms with Crippen molar-refractivity contribution < 1.29 is 19.8 Å². The lowest BCUT2D eigenvalue weighted by molar-refractivity contribution is -0.143. The van der Waals surface area contributed by atoms with Crippen molar-refractivity contribution in [2.45, 2.75) is 77.2 Å². The highest BCUT2D eigenvalue weighted by Crippen LogP contribution is 2.17. The van der Waals surface area contributed by atoms with Crippen LogP contribution in [-0.2, 0) is 9.59 Å². The van der Waals surface area contributed by atoms with Crippen molar-refractivity contribution in [2.24, 2.45) is 11.7 Å². The van der Waals surface area contributed by atoms with Gasteiger partial charge < -0.3 is 15.9 Å². The molecule has 0 aromatic rings. The number of carboxylic acids is 2. The molecule has 0 aromatic heterocycles. The van der Waals surface area contributed by atoms with Gasteiger partial charge in [-0.2, -0.15) is 0 Å². The Morgan fingerprint density at radius 2 is 1.40 bits per heavy atom. The molecule has 5 nitrogen and oxygen atoms in total. The summed E-state index contributed by atoms with van der Waals surface area (Å²) in [6.45, 7) is 2.19. The van der Waals surface area contributed by atoms with Crippen LogP contribution < -0.4 is 5.73 Å². The normalized spacial score (nSPS) is 13.9. The van der Waals surface area contributed by atoms with E-state index in [0.29, 0.717) is 6.42 Å². The summed E-state index contributed by atoms with van der Waals surface area (Å²) in [6, 6.07) is -1.08. The van der Waals surface area contributed by atoms with Crippen LogP contribution in [0.15, 0.2) is 0 Å². The molecule has 0 aliphatic carbocycles. The Bertz CT molecular complexity index is 281. The van der Waals surface area contributed by atoms with Crippen molar-refractivity contribution in [3.63, 3.8) is 0 Å². The number of hydrogen-bond acceptors (Lipinski definition) is 3. The van der Waals surface area contributed by atoms with E-state index in [0.717, 1.165) is 19.3 Å². The van der Waals surface area contributed by atoms with Gasteiger partial charge in [0.15, 0.2) is 0 Å². The van der Waals surface area contributed by atoms with Crippen LogP contribution in [0.1, 0.15) is 71.1 Å². The third-order valence-corrected chi connectivity index (χ3v) is 3.61. The van der Waals surface area contributed by atoms with Gasteiger partial charge >= 0.3 is 11.9 Å². The molecular weight excluding hydrogens is 258 g/mol. The van der Waals surface area contributed by atoms with Crippen LogP contribution in [0.3, 0.4) is 0 Å². The Labute approximate surface area is 121 Å². The van der Waals surface area contributed by atoms with Crippen LogP contribution >= 0.6 is 0 Å². The minimum Gasteiger partial charge on any atom is -0.481 e. The molecule has 4 N–H and O–H groups in total. The molecule has 0 spiro atoms. The minimum absolute atomic E-state index is 0.0150. The second kappa shape index (κ2) is 11.7. The first-order valence-electron chi connectivity index (χ1n) is 7.70. The third kappa shape index (κ3) is 9.78. The van der Waals surface area contributed by atoms with Gasteiger partial charge in [-0.3, -0.25) is 9.59 Å². The molecular formula is C15H29NO4. The lowest BCUT2D eigenvalue weighted by atomic mass is 9.94. The second-order valence-corrected chi connectivity index (χ2v) is 5.48. The summed E-state index contributed by atoms with van der Waals surface area (Å²) < 4.78 is 0. The molecule has 2 unspecified atom stereocenters. The summed E-state index contributed by atoms with van der Waals surface area (Å²) in [6.07, 6.45) is 9.76. The molecule has 5 heteroatoms. The van der Waals surface area contributed by atoms with E-state index in [1.54, 1.807) is 0 Å². The number of hydrogen-bond donors (Lipinski definition) is 3. The van der Waals surface area contributed by atoms with E-state index in [-0.39, 0.29) is 6.42 Å². The van der Waals surface area contributed by atoms with Gasteiger partial charge in [0.25, 0.3) is 0 Å². The predicted molar refractivity (Wildman–Crippen MR) is 78.6 cm³/mol. The fourth-order valence-corrected chi connectivity index (χ4v) is 2.27. The van der Waals surface area contributed by atoms with Crippen LogP contribution in [0.2, 0.25) is 0 Å². The molecule has 0 aliphatic rings. The van der Waals surface area contributed by atoms with Crippen LogP contribution in [0.25, 0.3) is 0 Å². The number of nitrogens with two attached hydrogens (primary N) is 1. The lowest BCUT2D eigenvalue weighted by Crippen LogP contribution is -2.34. The van der Waals surface area contributed by atoms with E-state index in [1.165, 1.54) is 32.1 Å². The first-order valence-corrected chi connectivity index (χ1v) is 7.70. The Morgan fingerprint density at radius 3 is 1.85 bits per heavy atom. The predicted octanol–water partition coefficient (Wildman–Crippen LogP) is 3.02. The van der Waals surface area contributed by atoms with Gasteiger partial charge in [0.1, 0.15) is 6.04 Å². The summed E-state index contributed by atoms with van der Waals surface area (Å²) >= 11 is 0. The monoisotopic (exact) mass is 287 g/mol. The molecule has 0 rings (SSSR count). The lowest BCUT2D eigenvalue weighted by Gasteiger charge is -2.14. The van der Waals surface area contributed by atoms with Crippen molar-refractivity contribution >= 4 is 11.9 Å². The largest absolute Gasteiger partial charge is 0.481 e. The molecule has 0 aromatic carbocycles. The van der Waals surface area contributed by atoms with Gasteiger partial charge in [-0.25, -0.2) is 0 Å². The molecule has 0 heterocycles. The maximum absolute atomic E-state index is 11.0. The second-order valence-electron chi connectivity index (χ2n) is 5.48. The Hall–Kier alpha value is -1.10. The summed E-state index contributed by atoms with van der Waals surface area (Å²) in [5, 5.41) is 17.8. The van der Waals surface area contributed by atoms with Crippen molar-refractivity contribution in [3.8, 4) is 0 Å². The van der Waals surface area contributed by atoms with Crippen LogP contribution in [0.4, 0.5) is 0 Å². The summed E-state index contributed by atoms with van der Waals surface area (Å²) in [5.74, 6) is -2.71. The first-order chi connectivity index (χ1) is 9.49. The molecule has 0 fully saturated rings. The molecule has 20 heavy (non-hydrogen) atoms.